The third-order valence-corrected chi connectivity index (χ3v) is 3.79. The van der Waals surface area contributed by atoms with E-state index in [-0.39, 0.29) is 0 Å². The number of anilines is 1. The van der Waals surface area contributed by atoms with Crippen LogP contribution in [0.5, 0.6) is 0 Å². The maximum Gasteiger partial charge on any atom is 0.0485 e. The molecule has 1 nitrogen and oxygen atoms in total. The van der Waals surface area contributed by atoms with Crippen molar-refractivity contribution in [2.45, 2.75) is 27.2 Å². The number of benzene rings is 1. The van der Waals surface area contributed by atoms with Gasteiger partial charge in [-0.25, -0.2) is 0 Å². The third kappa shape index (κ3) is 3.34. The van der Waals surface area contributed by atoms with Crippen LogP contribution in [0.2, 0.25) is 0 Å². The Bertz CT molecular complexity index is 410. The second-order valence-corrected chi connectivity index (χ2v) is 4.55. The molecule has 0 aliphatic carbocycles. The predicted molar refractivity (Wildman–Crippen MR) is 80.0 cm³/mol. The van der Waals surface area contributed by atoms with Gasteiger partial charge in [-0.1, -0.05) is 51.1 Å². The number of aryl methyl sites for hydroxylation is 1. The van der Waals surface area contributed by atoms with Crippen LogP contribution in [0.1, 0.15) is 25.6 Å². The molecule has 0 aliphatic rings. The molecule has 1 heterocycles. The van der Waals surface area contributed by atoms with Crippen LogP contribution >= 0.6 is 11.3 Å². The van der Waals surface area contributed by atoms with Gasteiger partial charge in [0.25, 0.3) is 0 Å². The molecule has 0 amide bonds. The maximum atomic E-state index is 3.25. The van der Waals surface area contributed by atoms with Crippen LogP contribution in [0.25, 0.3) is 10.4 Å². The fraction of sp³-hybridized carbons (Fsp3) is 0.333. The van der Waals surface area contributed by atoms with Crippen LogP contribution < -0.4 is 5.32 Å². The zero-order valence-electron chi connectivity index (χ0n) is 11.1. The van der Waals surface area contributed by atoms with Crippen molar-refractivity contribution in [3.05, 3.63) is 41.3 Å². The van der Waals surface area contributed by atoms with Crippen LogP contribution in [0.3, 0.4) is 0 Å². The van der Waals surface area contributed by atoms with E-state index in [2.05, 4.69) is 48.6 Å². The zero-order chi connectivity index (χ0) is 12.7. The van der Waals surface area contributed by atoms with E-state index in [9.17, 15) is 0 Å². The maximum absolute atomic E-state index is 3.25. The lowest BCUT2D eigenvalue weighted by atomic mass is 10.2. The second kappa shape index (κ2) is 7.13. The Kier molecular flexibility index (Phi) is 5.78. The average Bonchev–Trinajstić information content (AvgIpc) is 2.85. The first-order chi connectivity index (χ1) is 8.35. The van der Waals surface area contributed by atoms with Gasteiger partial charge in [-0.2, -0.15) is 0 Å². The molecule has 2 aromatic rings. The number of hydrogen-bond acceptors (Lipinski definition) is 2. The van der Waals surface area contributed by atoms with Crippen LogP contribution in [0.4, 0.5) is 5.69 Å². The summed E-state index contributed by atoms with van der Waals surface area (Å²) in [5, 5.41) is 3.25. The van der Waals surface area contributed by atoms with Gasteiger partial charge in [-0.15, -0.1) is 11.3 Å². The van der Waals surface area contributed by atoms with E-state index in [0.717, 1.165) is 6.42 Å². The highest BCUT2D eigenvalue weighted by Crippen LogP contribution is 2.34. The van der Waals surface area contributed by atoms with Crippen molar-refractivity contribution >= 4 is 17.0 Å². The Morgan fingerprint density at radius 1 is 1.12 bits per heavy atom. The van der Waals surface area contributed by atoms with Crippen molar-refractivity contribution in [2.24, 2.45) is 0 Å². The number of thiophene rings is 1. The molecule has 17 heavy (non-hydrogen) atoms. The summed E-state index contributed by atoms with van der Waals surface area (Å²) in [6, 6.07) is 12.8. The van der Waals surface area contributed by atoms with Crippen LogP contribution in [0, 0.1) is 0 Å². The summed E-state index contributed by atoms with van der Waals surface area (Å²) in [4.78, 5) is 2.77. The van der Waals surface area contributed by atoms with Crippen LogP contribution in [-0.2, 0) is 6.42 Å². The molecule has 0 bridgehead atoms. The fourth-order valence-electron chi connectivity index (χ4n) is 1.65. The Hall–Kier alpha value is -1.28. The summed E-state index contributed by atoms with van der Waals surface area (Å²) in [6.07, 6.45) is 1.09. The summed E-state index contributed by atoms with van der Waals surface area (Å²) in [7, 11) is 1.98. The van der Waals surface area contributed by atoms with Gasteiger partial charge in [0, 0.05) is 22.5 Å². The minimum Gasteiger partial charge on any atom is -0.387 e. The lowest BCUT2D eigenvalue weighted by Gasteiger charge is -1.96. The van der Waals surface area contributed by atoms with E-state index in [4.69, 9.17) is 0 Å². The molecule has 1 aromatic carbocycles. The van der Waals surface area contributed by atoms with Gasteiger partial charge < -0.3 is 5.32 Å². The van der Waals surface area contributed by atoms with Gasteiger partial charge in [0.2, 0.25) is 0 Å². The first kappa shape index (κ1) is 13.8. The van der Waals surface area contributed by atoms with E-state index < -0.39 is 0 Å². The monoisotopic (exact) mass is 247 g/mol. The molecule has 0 aliphatic heterocycles. The molecule has 0 spiro atoms. The van der Waals surface area contributed by atoms with Gasteiger partial charge in [-0.3, -0.25) is 0 Å². The Balaban J connectivity index is 0.000000686. The van der Waals surface area contributed by atoms with Gasteiger partial charge in [0.1, 0.15) is 0 Å². The lowest BCUT2D eigenvalue weighted by Crippen LogP contribution is -1.87. The van der Waals surface area contributed by atoms with E-state index in [0.29, 0.717) is 0 Å². The highest BCUT2D eigenvalue weighted by Gasteiger charge is 2.07. The van der Waals surface area contributed by atoms with Gasteiger partial charge in [0.15, 0.2) is 0 Å². The van der Waals surface area contributed by atoms with Crippen molar-refractivity contribution < 1.29 is 0 Å². The lowest BCUT2D eigenvalue weighted by molar-refractivity contribution is 1.18. The molecule has 2 heteroatoms. The predicted octanol–water partition coefficient (Wildman–Crippen LogP) is 5.05. The second-order valence-electron chi connectivity index (χ2n) is 3.42. The normalized spacial score (nSPS) is 9.41. The highest BCUT2D eigenvalue weighted by molar-refractivity contribution is 7.16. The summed E-state index contributed by atoms with van der Waals surface area (Å²) < 4.78 is 0. The first-order valence-corrected chi connectivity index (χ1v) is 7.02. The average molecular weight is 247 g/mol. The zero-order valence-corrected chi connectivity index (χ0v) is 11.9. The van der Waals surface area contributed by atoms with E-state index in [1.54, 1.807) is 0 Å². The smallest absolute Gasteiger partial charge is 0.0485 e. The van der Waals surface area contributed by atoms with Crippen molar-refractivity contribution in [2.75, 3.05) is 12.4 Å². The highest BCUT2D eigenvalue weighted by atomic mass is 32.1. The van der Waals surface area contributed by atoms with E-state index in [1.807, 2.05) is 32.2 Å². The molecule has 0 saturated heterocycles. The summed E-state index contributed by atoms with van der Waals surface area (Å²) >= 11 is 1.87. The molecule has 1 aromatic heterocycles. The molecule has 92 valence electrons. The number of nitrogens with one attached hydrogen (secondary N) is 1. The Morgan fingerprint density at radius 3 is 2.24 bits per heavy atom. The Labute approximate surface area is 109 Å². The molecule has 0 atom stereocenters. The molecule has 0 unspecified atom stereocenters. The summed E-state index contributed by atoms with van der Waals surface area (Å²) in [5.41, 5.74) is 2.57. The third-order valence-electron chi connectivity index (χ3n) is 2.46. The van der Waals surface area contributed by atoms with E-state index in [1.165, 1.54) is 21.0 Å². The molecule has 1 N–H and O–H groups in total. The number of rotatable bonds is 3. The minimum absolute atomic E-state index is 1.09. The standard InChI is InChI=1S/C13H15NS.C2H6/c1-3-12-11(14-2)9-13(15-12)10-7-5-4-6-8-10;1-2/h4-9,14H,3H2,1-2H3;1-2H3. The Morgan fingerprint density at radius 2 is 1.76 bits per heavy atom. The van der Waals surface area contributed by atoms with Crippen LogP contribution in [0.15, 0.2) is 36.4 Å². The molecular formula is C15H21NS. The topological polar surface area (TPSA) is 12.0 Å². The fourth-order valence-corrected chi connectivity index (χ4v) is 2.76. The van der Waals surface area contributed by atoms with Gasteiger partial charge >= 0.3 is 0 Å². The molecule has 0 radical (unpaired) electrons. The minimum atomic E-state index is 1.09. The molecular weight excluding hydrogens is 226 g/mol. The largest absolute Gasteiger partial charge is 0.387 e. The van der Waals surface area contributed by atoms with Crippen LogP contribution in [-0.4, -0.2) is 7.05 Å². The molecule has 0 saturated carbocycles. The summed E-state index contributed by atoms with van der Waals surface area (Å²) in [6.45, 7) is 6.20. The van der Waals surface area contributed by atoms with Crippen molar-refractivity contribution in [3.8, 4) is 10.4 Å². The van der Waals surface area contributed by atoms with Gasteiger partial charge in [-0.05, 0) is 18.1 Å². The SMILES string of the molecule is CC.CCc1sc(-c2ccccc2)cc1NC. The van der Waals surface area contributed by atoms with Crippen molar-refractivity contribution in [1.82, 2.24) is 0 Å². The van der Waals surface area contributed by atoms with E-state index >= 15 is 0 Å². The quantitative estimate of drug-likeness (QED) is 0.800. The molecule has 0 fully saturated rings. The molecule has 2 rings (SSSR count). The first-order valence-electron chi connectivity index (χ1n) is 6.21. The van der Waals surface area contributed by atoms with Gasteiger partial charge in [0.05, 0.1) is 0 Å². The summed E-state index contributed by atoms with van der Waals surface area (Å²) in [5.74, 6) is 0. The van der Waals surface area contributed by atoms with Crippen molar-refractivity contribution in [3.63, 3.8) is 0 Å². The van der Waals surface area contributed by atoms with Crippen molar-refractivity contribution in [1.29, 1.82) is 0 Å². The number of hydrogen-bond donors (Lipinski definition) is 1.